The number of fused-ring (bicyclic) bond motifs is 1. The number of imidazole rings is 1. The van der Waals surface area contributed by atoms with Gasteiger partial charge in [-0.25, -0.2) is 4.98 Å². The Kier molecular flexibility index (Phi) is 4.73. The number of benzene rings is 1. The standard InChI is InChI=1S/C18H13BrN4O/c19-15-6-7-17-21-11-16(23(17)12-15)8-14(9-20)18(24)22-10-13-4-2-1-3-5-13/h1-8,11-12H,10H2,(H,22,24). The molecule has 5 nitrogen and oxygen atoms in total. The number of hydrogen-bond acceptors (Lipinski definition) is 3. The second-order valence-electron chi connectivity index (χ2n) is 5.10. The molecule has 118 valence electrons. The Morgan fingerprint density at radius 3 is 2.83 bits per heavy atom. The van der Waals surface area contributed by atoms with Crippen molar-refractivity contribution in [3.63, 3.8) is 0 Å². The molecule has 0 atom stereocenters. The summed E-state index contributed by atoms with van der Waals surface area (Å²) in [5.74, 6) is -0.411. The molecule has 0 fully saturated rings. The van der Waals surface area contributed by atoms with E-state index in [2.05, 4.69) is 26.2 Å². The lowest BCUT2D eigenvalue weighted by Crippen LogP contribution is -2.23. The molecule has 1 amide bonds. The van der Waals surface area contributed by atoms with Crippen LogP contribution in [0.15, 0.2) is 64.9 Å². The fraction of sp³-hybridized carbons (Fsp3) is 0.0556. The predicted octanol–water partition coefficient (Wildman–Crippen LogP) is 3.32. The number of amides is 1. The molecule has 0 spiro atoms. The molecule has 1 aromatic carbocycles. The van der Waals surface area contributed by atoms with E-state index < -0.39 is 5.91 Å². The van der Waals surface area contributed by atoms with Crippen LogP contribution in [-0.4, -0.2) is 15.3 Å². The van der Waals surface area contributed by atoms with Gasteiger partial charge in [0.05, 0.1) is 11.9 Å². The SMILES string of the molecule is N#CC(=Cc1cnc2ccc(Br)cn12)C(=O)NCc1ccccc1. The number of nitriles is 1. The first kappa shape index (κ1) is 16.0. The van der Waals surface area contributed by atoms with Gasteiger partial charge >= 0.3 is 0 Å². The number of nitrogens with one attached hydrogen (secondary N) is 1. The van der Waals surface area contributed by atoms with Crippen molar-refractivity contribution >= 4 is 33.6 Å². The first-order valence-corrected chi connectivity index (χ1v) is 8.03. The lowest BCUT2D eigenvalue weighted by atomic mass is 10.2. The molecule has 3 rings (SSSR count). The van der Waals surface area contributed by atoms with Crippen LogP contribution in [0, 0.1) is 11.3 Å². The van der Waals surface area contributed by atoms with E-state index in [9.17, 15) is 10.1 Å². The first-order chi connectivity index (χ1) is 11.7. The molecule has 0 unspecified atom stereocenters. The summed E-state index contributed by atoms with van der Waals surface area (Å²) < 4.78 is 2.70. The van der Waals surface area contributed by atoms with Crippen molar-refractivity contribution in [1.82, 2.24) is 14.7 Å². The van der Waals surface area contributed by atoms with Gasteiger partial charge in [-0.05, 0) is 39.7 Å². The molecule has 0 aliphatic heterocycles. The van der Waals surface area contributed by atoms with Gasteiger partial charge in [-0.3, -0.25) is 9.20 Å². The van der Waals surface area contributed by atoms with Crippen LogP contribution < -0.4 is 5.32 Å². The molecular formula is C18H13BrN4O. The summed E-state index contributed by atoms with van der Waals surface area (Å²) in [7, 11) is 0. The minimum atomic E-state index is -0.411. The van der Waals surface area contributed by atoms with E-state index in [1.165, 1.54) is 6.08 Å². The quantitative estimate of drug-likeness (QED) is 0.557. The van der Waals surface area contributed by atoms with Crippen LogP contribution in [0.4, 0.5) is 0 Å². The van der Waals surface area contributed by atoms with Crippen molar-refractivity contribution < 1.29 is 4.79 Å². The maximum atomic E-state index is 12.2. The topological polar surface area (TPSA) is 70.2 Å². The number of carbonyl (C=O) groups excluding carboxylic acids is 1. The zero-order valence-electron chi connectivity index (χ0n) is 12.6. The zero-order chi connectivity index (χ0) is 16.9. The molecule has 0 saturated heterocycles. The summed E-state index contributed by atoms with van der Waals surface area (Å²) >= 11 is 3.40. The minimum Gasteiger partial charge on any atom is -0.347 e. The minimum absolute atomic E-state index is 0.0349. The van der Waals surface area contributed by atoms with E-state index in [1.54, 1.807) is 6.20 Å². The second-order valence-corrected chi connectivity index (χ2v) is 6.01. The predicted molar refractivity (Wildman–Crippen MR) is 94.8 cm³/mol. The molecule has 3 aromatic rings. The van der Waals surface area contributed by atoms with Crippen LogP contribution in [-0.2, 0) is 11.3 Å². The highest BCUT2D eigenvalue weighted by atomic mass is 79.9. The Balaban J connectivity index is 1.82. The van der Waals surface area contributed by atoms with Crippen LogP contribution in [0.5, 0.6) is 0 Å². The molecule has 24 heavy (non-hydrogen) atoms. The van der Waals surface area contributed by atoms with Crippen LogP contribution in [0.1, 0.15) is 11.3 Å². The van der Waals surface area contributed by atoms with Gasteiger partial charge in [-0.15, -0.1) is 0 Å². The molecule has 0 aliphatic carbocycles. The van der Waals surface area contributed by atoms with Crippen LogP contribution in [0.2, 0.25) is 0 Å². The van der Waals surface area contributed by atoms with Gasteiger partial charge in [0.15, 0.2) is 0 Å². The number of halogens is 1. The number of carbonyl (C=O) groups is 1. The average Bonchev–Trinajstić information content (AvgIpc) is 3.00. The Labute approximate surface area is 147 Å². The highest BCUT2D eigenvalue weighted by Crippen LogP contribution is 2.15. The van der Waals surface area contributed by atoms with E-state index in [-0.39, 0.29) is 5.57 Å². The maximum absolute atomic E-state index is 12.2. The van der Waals surface area contributed by atoms with Gasteiger partial charge in [0, 0.05) is 17.2 Å². The third kappa shape index (κ3) is 3.53. The summed E-state index contributed by atoms with van der Waals surface area (Å²) in [6, 6.07) is 15.2. The number of pyridine rings is 1. The highest BCUT2D eigenvalue weighted by Gasteiger charge is 2.10. The number of aromatic nitrogens is 2. The van der Waals surface area contributed by atoms with Gasteiger partial charge in [0.2, 0.25) is 0 Å². The summed E-state index contributed by atoms with van der Waals surface area (Å²) in [5.41, 5.74) is 2.42. The number of nitrogens with zero attached hydrogens (tertiary/aromatic N) is 3. The average molecular weight is 381 g/mol. The molecule has 2 heterocycles. The van der Waals surface area contributed by atoms with Crippen molar-refractivity contribution in [3.05, 3.63) is 76.2 Å². The fourth-order valence-electron chi connectivity index (χ4n) is 2.25. The van der Waals surface area contributed by atoms with Crippen LogP contribution >= 0.6 is 15.9 Å². The third-order valence-corrected chi connectivity index (χ3v) is 3.92. The summed E-state index contributed by atoms with van der Waals surface area (Å²) in [6.07, 6.45) is 5.00. The summed E-state index contributed by atoms with van der Waals surface area (Å²) in [4.78, 5) is 16.5. The Hall–Kier alpha value is -2.91. The lowest BCUT2D eigenvalue weighted by Gasteiger charge is -2.04. The van der Waals surface area contributed by atoms with Gasteiger partial charge in [0.25, 0.3) is 5.91 Å². The first-order valence-electron chi connectivity index (χ1n) is 7.24. The Bertz CT molecular complexity index is 954. The third-order valence-electron chi connectivity index (χ3n) is 3.45. The monoisotopic (exact) mass is 380 g/mol. The molecular weight excluding hydrogens is 368 g/mol. The van der Waals surface area contributed by atoms with Crippen molar-refractivity contribution in [2.75, 3.05) is 0 Å². The number of rotatable bonds is 4. The highest BCUT2D eigenvalue weighted by molar-refractivity contribution is 9.10. The second kappa shape index (κ2) is 7.11. The van der Waals surface area contributed by atoms with Crippen LogP contribution in [0.25, 0.3) is 11.7 Å². The Morgan fingerprint density at radius 2 is 2.08 bits per heavy atom. The van der Waals surface area contributed by atoms with Crippen LogP contribution in [0.3, 0.4) is 0 Å². The zero-order valence-corrected chi connectivity index (χ0v) is 14.2. The summed E-state index contributed by atoms with van der Waals surface area (Å²) in [6.45, 7) is 0.372. The largest absolute Gasteiger partial charge is 0.347 e. The van der Waals surface area contributed by atoms with E-state index in [0.29, 0.717) is 12.2 Å². The van der Waals surface area contributed by atoms with Crippen molar-refractivity contribution in [3.8, 4) is 6.07 Å². The normalized spacial score (nSPS) is 11.2. The van der Waals surface area contributed by atoms with Gasteiger partial charge < -0.3 is 5.32 Å². The van der Waals surface area contributed by atoms with Crippen molar-refractivity contribution in [2.24, 2.45) is 0 Å². The van der Waals surface area contributed by atoms with E-state index >= 15 is 0 Å². The molecule has 1 N–H and O–H groups in total. The molecule has 0 aliphatic rings. The molecule has 0 radical (unpaired) electrons. The van der Waals surface area contributed by atoms with E-state index in [0.717, 1.165) is 15.7 Å². The molecule has 6 heteroatoms. The van der Waals surface area contributed by atoms with Gasteiger partial charge in [-0.1, -0.05) is 30.3 Å². The lowest BCUT2D eigenvalue weighted by molar-refractivity contribution is -0.117. The fourth-order valence-corrected chi connectivity index (χ4v) is 2.59. The van der Waals surface area contributed by atoms with E-state index in [4.69, 9.17) is 0 Å². The van der Waals surface area contributed by atoms with Crippen molar-refractivity contribution in [2.45, 2.75) is 6.54 Å². The van der Waals surface area contributed by atoms with E-state index in [1.807, 2.05) is 59.1 Å². The van der Waals surface area contributed by atoms with Gasteiger partial charge in [-0.2, -0.15) is 5.26 Å². The molecule has 0 bridgehead atoms. The Morgan fingerprint density at radius 1 is 1.29 bits per heavy atom. The maximum Gasteiger partial charge on any atom is 0.262 e. The molecule has 0 saturated carbocycles. The van der Waals surface area contributed by atoms with Crippen molar-refractivity contribution in [1.29, 1.82) is 5.26 Å². The van der Waals surface area contributed by atoms with Gasteiger partial charge in [0.1, 0.15) is 17.3 Å². The molecule has 2 aromatic heterocycles. The number of hydrogen-bond donors (Lipinski definition) is 1. The summed E-state index contributed by atoms with van der Waals surface area (Å²) in [5, 5.41) is 12.1. The smallest absolute Gasteiger partial charge is 0.262 e.